The van der Waals surface area contributed by atoms with Gasteiger partial charge in [-0.1, -0.05) is 6.92 Å². The van der Waals surface area contributed by atoms with Crippen molar-refractivity contribution in [2.45, 2.75) is 27.3 Å². The number of urea groups is 1. The highest BCUT2D eigenvalue weighted by Gasteiger charge is 2.22. The van der Waals surface area contributed by atoms with Gasteiger partial charge in [-0.2, -0.15) is 5.10 Å². The van der Waals surface area contributed by atoms with Crippen LogP contribution in [0.5, 0.6) is 0 Å². The fraction of sp³-hybridized carbons (Fsp3) is 0.556. The molecule has 8 heteroatoms. The van der Waals surface area contributed by atoms with Crippen molar-refractivity contribution in [2.75, 3.05) is 37.6 Å². The second kappa shape index (κ2) is 8.16. The first-order chi connectivity index (χ1) is 12.5. The zero-order valence-electron chi connectivity index (χ0n) is 15.7. The van der Waals surface area contributed by atoms with Gasteiger partial charge in [0, 0.05) is 57.4 Å². The van der Waals surface area contributed by atoms with Crippen LogP contribution in [0.2, 0.25) is 0 Å². The molecule has 0 saturated carbocycles. The summed E-state index contributed by atoms with van der Waals surface area (Å²) < 4.78 is 2.00. The number of piperazine rings is 1. The Morgan fingerprint density at radius 1 is 1.19 bits per heavy atom. The summed E-state index contributed by atoms with van der Waals surface area (Å²) in [5, 5.41) is 7.53. The average molecular weight is 357 g/mol. The normalized spacial score (nSPS) is 15.8. The van der Waals surface area contributed by atoms with Gasteiger partial charge in [0.2, 0.25) is 5.95 Å². The van der Waals surface area contributed by atoms with Crippen LogP contribution >= 0.6 is 0 Å². The Bertz CT molecular complexity index is 722. The van der Waals surface area contributed by atoms with Crippen molar-refractivity contribution < 1.29 is 4.79 Å². The Morgan fingerprint density at radius 3 is 2.50 bits per heavy atom. The van der Waals surface area contributed by atoms with Crippen molar-refractivity contribution in [3.8, 4) is 0 Å². The minimum atomic E-state index is -0.00107. The number of anilines is 1. The van der Waals surface area contributed by atoms with Crippen molar-refractivity contribution in [1.29, 1.82) is 0 Å². The van der Waals surface area contributed by atoms with Gasteiger partial charge in [0.15, 0.2) is 0 Å². The van der Waals surface area contributed by atoms with Crippen molar-refractivity contribution in [2.24, 2.45) is 5.92 Å². The van der Waals surface area contributed by atoms with E-state index in [2.05, 4.69) is 45.2 Å². The zero-order chi connectivity index (χ0) is 18.5. The number of amides is 2. The number of aryl methyl sites for hydroxylation is 2. The third-order valence-corrected chi connectivity index (χ3v) is 4.59. The molecule has 140 valence electrons. The number of carbonyl (C=O) groups is 1. The van der Waals surface area contributed by atoms with E-state index < -0.39 is 0 Å². The molecule has 3 rings (SSSR count). The number of carbonyl (C=O) groups excluding carboxylic acids is 1. The summed E-state index contributed by atoms with van der Waals surface area (Å²) in [7, 11) is 0. The highest BCUT2D eigenvalue weighted by atomic mass is 16.2. The minimum Gasteiger partial charge on any atom is -0.338 e. The highest BCUT2D eigenvalue weighted by molar-refractivity contribution is 5.74. The van der Waals surface area contributed by atoms with E-state index in [-0.39, 0.29) is 6.03 Å². The lowest BCUT2D eigenvalue weighted by Crippen LogP contribution is -2.52. The molecule has 0 aliphatic carbocycles. The molecule has 2 aromatic heterocycles. The molecule has 3 heterocycles. The number of hydrogen-bond donors (Lipinski definition) is 1. The SMILES string of the molecule is Cc1cc(C)n(CC(C)CNC(=O)N2CCN(c3ncccn3)CC2)n1. The lowest BCUT2D eigenvalue weighted by atomic mass is 10.2. The monoisotopic (exact) mass is 357 g/mol. The summed E-state index contributed by atoms with van der Waals surface area (Å²) in [5.74, 6) is 1.04. The zero-order valence-corrected chi connectivity index (χ0v) is 15.7. The maximum atomic E-state index is 12.4. The average Bonchev–Trinajstić information content (AvgIpc) is 2.97. The fourth-order valence-electron chi connectivity index (χ4n) is 3.16. The number of aromatic nitrogens is 4. The standard InChI is InChI=1S/C18H27N7O/c1-14(13-25-16(3)11-15(2)22-25)12-21-18(26)24-9-7-23(8-10-24)17-19-5-4-6-20-17/h4-6,11,14H,7-10,12-13H2,1-3H3,(H,21,26). The molecule has 0 bridgehead atoms. The van der Waals surface area contributed by atoms with E-state index in [9.17, 15) is 4.79 Å². The van der Waals surface area contributed by atoms with Crippen LogP contribution in [0.25, 0.3) is 0 Å². The summed E-state index contributed by atoms with van der Waals surface area (Å²) in [6, 6.07) is 3.88. The Kier molecular flexibility index (Phi) is 5.70. The van der Waals surface area contributed by atoms with E-state index in [0.717, 1.165) is 37.0 Å². The van der Waals surface area contributed by atoms with Gasteiger partial charge < -0.3 is 15.1 Å². The molecule has 2 amide bonds. The van der Waals surface area contributed by atoms with Gasteiger partial charge in [-0.3, -0.25) is 4.68 Å². The third-order valence-electron chi connectivity index (χ3n) is 4.59. The summed E-state index contributed by atoms with van der Waals surface area (Å²) in [6.45, 7) is 10.5. The van der Waals surface area contributed by atoms with Crippen LogP contribution in [0, 0.1) is 19.8 Å². The number of rotatable bonds is 5. The maximum absolute atomic E-state index is 12.4. The van der Waals surface area contributed by atoms with Crippen LogP contribution in [0.1, 0.15) is 18.3 Å². The van der Waals surface area contributed by atoms with E-state index in [1.165, 1.54) is 0 Å². The third kappa shape index (κ3) is 4.50. The molecule has 1 fully saturated rings. The van der Waals surface area contributed by atoms with E-state index >= 15 is 0 Å². The maximum Gasteiger partial charge on any atom is 0.317 e. The van der Waals surface area contributed by atoms with Crippen LogP contribution in [-0.4, -0.2) is 63.4 Å². The lowest BCUT2D eigenvalue weighted by Gasteiger charge is -2.34. The van der Waals surface area contributed by atoms with Gasteiger partial charge >= 0.3 is 6.03 Å². The van der Waals surface area contributed by atoms with E-state index in [4.69, 9.17) is 0 Å². The van der Waals surface area contributed by atoms with Crippen LogP contribution in [0.4, 0.5) is 10.7 Å². The van der Waals surface area contributed by atoms with Gasteiger partial charge in [-0.05, 0) is 31.9 Å². The second-order valence-corrected chi connectivity index (χ2v) is 6.92. The van der Waals surface area contributed by atoms with Crippen LogP contribution < -0.4 is 10.2 Å². The van der Waals surface area contributed by atoms with Crippen molar-refractivity contribution in [3.05, 3.63) is 35.9 Å². The molecule has 1 aliphatic rings. The largest absolute Gasteiger partial charge is 0.338 e. The van der Waals surface area contributed by atoms with Gasteiger partial charge in [0.1, 0.15) is 0 Å². The van der Waals surface area contributed by atoms with Gasteiger partial charge in [0.25, 0.3) is 0 Å². The molecule has 1 saturated heterocycles. The second-order valence-electron chi connectivity index (χ2n) is 6.92. The van der Waals surface area contributed by atoms with Gasteiger partial charge in [0.05, 0.1) is 5.69 Å². The summed E-state index contributed by atoms with van der Waals surface area (Å²) in [4.78, 5) is 24.9. The first-order valence-corrected chi connectivity index (χ1v) is 9.08. The molecule has 26 heavy (non-hydrogen) atoms. The molecule has 2 aromatic rings. The van der Waals surface area contributed by atoms with E-state index in [1.54, 1.807) is 18.5 Å². The molecule has 1 unspecified atom stereocenters. The lowest BCUT2D eigenvalue weighted by molar-refractivity contribution is 0.192. The molecular formula is C18H27N7O. The van der Waals surface area contributed by atoms with Gasteiger partial charge in [-0.15, -0.1) is 0 Å². The quantitative estimate of drug-likeness (QED) is 0.876. The Morgan fingerprint density at radius 2 is 1.88 bits per heavy atom. The van der Waals surface area contributed by atoms with Crippen LogP contribution in [0.3, 0.4) is 0 Å². The summed E-state index contributed by atoms with van der Waals surface area (Å²) in [6.07, 6.45) is 3.48. The first kappa shape index (κ1) is 18.2. The van der Waals surface area contributed by atoms with E-state index in [1.807, 2.05) is 16.5 Å². The highest BCUT2D eigenvalue weighted by Crippen LogP contribution is 2.10. The Hall–Kier alpha value is -2.64. The topological polar surface area (TPSA) is 79.2 Å². The first-order valence-electron chi connectivity index (χ1n) is 9.08. The molecule has 0 spiro atoms. The van der Waals surface area contributed by atoms with Crippen molar-refractivity contribution in [3.63, 3.8) is 0 Å². The number of nitrogens with zero attached hydrogens (tertiary/aromatic N) is 6. The smallest absolute Gasteiger partial charge is 0.317 e. The van der Waals surface area contributed by atoms with Crippen molar-refractivity contribution in [1.82, 2.24) is 30.0 Å². The van der Waals surface area contributed by atoms with Gasteiger partial charge in [-0.25, -0.2) is 14.8 Å². The molecule has 1 atom stereocenters. The fourth-order valence-corrected chi connectivity index (χ4v) is 3.16. The summed E-state index contributed by atoms with van der Waals surface area (Å²) in [5.41, 5.74) is 2.18. The number of nitrogens with one attached hydrogen (secondary N) is 1. The van der Waals surface area contributed by atoms with Crippen LogP contribution in [0.15, 0.2) is 24.5 Å². The predicted octanol–water partition coefficient (Wildman–Crippen LogP) is 1.46. The summed E-state index contributed by atoms with van der Waals surface area (Å²) >= 11 is 0. The van der Waals surface area contributed by atoms with E-state index in [0.29, 0.717) is 25.6 Å². The minimum absolute atomic E-state index is 0.00107. The Labute approximate surface area is 154 Å². The molecule has 0 radical (unpaired) electrons. The molecule has 1 aliphatic heterocycles. The molecule has 1 N–H and O–H groups in total. The Balaban J connectivity index is 1.42. The molecular weight excluding hydrogens is 330 g/mol. The predicted molar refractivity (Wildman–Crippen MR) is 100 cm³/mol. The molecule has 8 nitrogen and oxygen atoms in total. The molecule has 0 aromatic carbocycles. The van der Waals surface area contributed by atoms with Crippen LogP contribution in [-0.2, 0) is 6.54 Å². The van der Waals surface area contributed by atoms with Crippen molar-refractivity contribution >= 4 is 12.0 Å². The number of hydrogen-bond acceptors (Lipinski definition) is 5.